The molecule has 0 unspecified atom stereocenters. The van der Waals surface area contributed by atoms with E-state index in [-0.39, 0.29) is 0 Å². The Morgan fingerprint density at radius 3 is 1.45 bits per heavy atom. The number of alkyl halides is 1. The largest absolute Gasteiger partial charge is 0.494 e. The minimum Gasteiger partial charge on any atom is -0.494 e. The van der Waals surface area contributed by atoms with Crippen LogP contribution in [0.15, 0.2) is 66.7 Å². The van der Waals surface area contributed by atoms with Crippen LogP contribution < -0.4 is 18.9 Å². The molecule has 0 amide bonds. The van der Waals surface area contributed by atoms with Crippen molar-refractivity contribution in [1.29, 1.82) is 0 Å². The van der Waals surface area contributed by atoms with E-state index in [0.29, 0.717) is 30.6 Å². The lowest BCUT2D eigenvalue weighted by Gasteiger charge is -2.15. The molecule has 0 aliphatic heterocycles. The maximum Gasteiger partial charge on any atom is 0.162 e. The predicted molar refractivity (Wildman–Crippen MR) is 157 cm³/mol. The molecule has 0 saturated carbocycles. The zero-order chi connectivity index (χ0) is 26.8. The van der Waals surface area contributed by atoms with Crippen LogP contribution in [-0.4, -0.2) is 13.2 Å². The molecule has 0 fully saturated rings. The fourth-order valence-corrected chi connectivity index (χ4v) is 4.16. The highest BCUT2D eigenvalue weighted by Gasteiger charge is 2.09. The van der Waals surface area contributed by atoms with E-state index >= 15 is 0 Å². The normalized spacial score (nSPS) is 10.8. The van der Waals surface area contributed by atoms with E-state index in [1.807, 2.05) is 66.7 Å². The maximum absolute atomic E-state index is 6.17. The molecule has 0 atom stereocenters. The summed E-state index contributed by atoms with van der Waals surface area (Å²) in [4.78, 5) is 0. The Morgan fingerprint density at radius 1 is 0.500 bits per heavy atom. The molecule has 3 aromatic rings. The molecule has 3 aromatic carbocycles. The number of halogens is 1. The molecule has 0 aliphatic carbocycles. The molecule has 0 heterocycles. The van der Waals surface area contributed by atoms with Gasteiger partial charge in [-0.25, -0.2) is 0 Å². The third-order valence-electron chi connectivity index (χ3n) is 6.33. The summed E-state index contributed by atoms with van der Waals surface area (Å²) in [7, 11) is 0. The first-order valence-electron chi connectivity index (χ1n) is 14.1. The fraction of sp³-hybridized carbons (Fsp3) is 0.455. The first-order valence-corrected chi connectivity index (χ1v) is 14.6. The third kappa shape index (κ3) is 10.9. The molecule has 0 spiro atoms. The van der Waals surface area contributed by atoms with E-state index in [2.05, 4.69) is 13.8 Å². The first kappa shape index (κ1) is 29.7. The van der Waals surface area contributed by atoms with Crippen LogP contribution in [0.3, 0.4) is 0 Å². The van der Waals surface area contributed by atoms with Crippen LogP contribution >= 0.6 is 11.6 Å². The Hall–Kier alpha value is -2.85. The van der Waals surface area contributed by atoms with Crippen LogP contribution in [0.4, 0.5) is 0 Å². The van der Waals surface area contributed by atoms with Gasteiger partial charge in [0.05, 0.1) is 13.2 Å². The van der Waals surface area contributed by atoms with Crippen molar-refractivity contribution in [1.82, 2.24) is 0 Å². The molecule has 0 N–H and O–H groups in total. The average Bonchev–Trinajstić information content (AvgIpc) is 2.96. The molecular weight excluding hydrogens is 496 g/mol. The molecule has 0 radical (unpaired) electrons. The summed E-state index contributed by atoms with van der Waals surface area (Å²) in [6, 6.07) is 22.0. The van der Waals surface area contributed by atoms with E-state index in [9.17, 15) is 0 Å². The van der Waals surface area contributed by atoms with E-state index in [1.165, 1.54) is 38.5 Å². The van der Waals surface area contributed by atoms with Gasteiger partial charge in [0.25, 0.3) is 0 Å². The van der Waals surface area contributed by atoms with Crippen LogP contribution in [0.1, 0.15) is 81.9 Å². The minimum atomic E-state index is 0.417. The Bertz CT molecular complexity index is 1030. The fourth-order valence-electron chi connectivity index (χ4n) is 3.99. The van der Waals surface area contributed by atoms with Crippen molar-refractivity contribution in [3.63, 3.8) is 0 Å². The smallest absolute Gasteiger partial charge is 0.162 e. The Labute approximate surface area is 234 Å². The molecule has 0 saturated heterocycles. The second kappa shape index (κ2) is 17.6. The van der Waals surface area contributed by atoms with Gasteiger partial charge in [0.2, 0.25) is 0 Å². The molecule has 0 aliphatic rings. The summed E-state index contributed by atoms with van der Waals surface area (Å²) in [5, 5.41) is 0. The Kier molecular flexibility index (Phi) is 13.8. The maximum atomic E-state index is 6.17. The van der Waals surface area contributed by atoms with Gasteiger partial charge in [-0.1, -0.05) is 82.7 Å². The molecule has 5 heteroatoms. The second-order valence-corrected chi connectivity index (χ2v) is 9.87. The lowest BCUT2D eigenvalue weighted by atomic mass is 10.2. The first-order chi connectivity index (χ1) is 18.7. The predicted octanol–water partition coefficient (Wildman–Crippen LogP) is 9.50. The van der Waals surface area contributed by atoms with Crippen molar-refractivity contribution < 1.29 is 18.9 Å². The van der Waals surface area contributed by atoms with E-state index in [4.69, 9.17) is 30.5 Å². The van der Waals surface area contributed by atoms with E-state index < -0.39 is 0 Å². The second-order valence-electron chi connectivity index (χ2n) is 9.60. The Morgan fingerprint density at radius 2 is 0.974 bits per heavy atom. The summed E-state index contributed by atoms with van der Waals surface area (Å²) in [5.74, 6) is 3.59. The zero-order valence-electron chi connectivity index (χ0n) is 23.1. The number of rotatable bonds is 19. The monoisotopic (exact) mass is 538 g/mol. The lowest BCUT2D eigenvalue weighted by Crippen LogP contribution is -2.02. The average molecular weight is 539 g/mol. The highest BCUT2D eigenvalue weighted by molar-refractivity contribution is 6.17. The van der Waals surface area contributed by atoms with Gasteiger partial charge in [0.1, 0.15) is 24.7 Å². The van der Waals surface area contributed by atoms with Gasteiger partial charge in [-0.2, -0.15) is 0 Å². The van der Waals surface area contributed by atoms with E-state index in [0.717, 1.165) is 54.2 Å². The van der Waals surface area contributed by atoms with Gasteiger partial charge < -0.3 is 18.9 Å². The van der Waals surface area contributed by atoms with Gasteiger partial charge in [-0.05, 0) is 65.9 Å². The van der Waals surface area contributed by atoms with Gasteiger partial charge in [-0.3, -0.25) is 0 Å². The van der Waals surface area contributed by atoms with Crippen molar-refractivity contribution in [3.8, 4) is 23.0 Å². The molecular formula is C33H43ClO4. The van der Waals surface area contributed by atoms with Crippen LogP contribution in [0.5, 0.6) is 23.0 Å². The highest BCUT2D eigenvalue weighted by atomic mass is 35.5. The number of unbranched alkanes of at least 4 members (excludes halogenated alkanes) is 6. The molecule has 3 rings (SSSR count). The summed E-state index contributed by atoms with van der Waals surface area (Å²) in [6.45, 7) is 6.83. The van der Waals surface area contributed by atoms with Crippen LogP contribution in [-0.2, 0) is 19.1 Å². The van der Waals surface area contributed by atoms with Crippen LogP contribution in [0.2, 0.25) is 0 Å². The van der Waals surface area contributed by atoms with Gasteiger partial charge in [0.15, 0.2) is 11.5 Å². The Balaban J connectivity index is 1.50. The molecule has 4 nitrogen and oxygen atoms in total. The summed E-state index contributed by atoms with van der Waals surface area (Å²) < 4.78 is 24.0. The topological polar surface area (TPSA) is 36.9 Å². The SMILES string of the molecule is CCCCCCOc1ccc(COc2ccc(CCl)cc2OCc2ccc(OCCCCCC)cc2)cc1. The minimum absolute atomic E-state index is 0.417. The lowest BCUT2D eigenvalue weighted by molar-refractivity contribution is 0.255. The van der Waals surface area contributed by atoms with Crippen molar-refractivity contribution in [3.05, 3.63) is 83.4 Å². The van der Waals surface area contributed by atoms with Crippen molar-refractivity contribution in [2.45, 2.75) is 84.3 Å². The number of ether oxygens (including phenoxy) is 4. The quantitative estimate of drug-likeness (QED) is 0.112. The van der Waals surface area contributed by atoms with Gasteiger partial charge in [0, 0.05) is 5.88 Å². The van der Waals surface area contributed by atoms with Crippen LogP contribution in [0.25, 0.3) is 0 Å². The molecule has 0 aromatic heterocycles. The van der Waals surface area contributed by atoms with Crippen LogP contribution in [0, 0.1) is 0 Å². The third-order valence-corrected chi connectivity index (χ3v) is 6.64. The number of hydrogen-bond acceptors (Lipinski definition) is 4. The molecule has 0 bridgehead atoms. The molecule has 206 valence electrons. The van der Waals surface area contributed by atoms with Crippen molar-refractivity contribution >= 4 is 11.6 Å². The summed E-state index contributed by atoms with van der Waals surface area (Å²) >= 11 is 6.08. The van der Waals surface area contributed by atoms with Gasteiger partial charge in [-0.15, -0.1) is 11.6 Å². The highest BCUT2D eigenvalue weighted by Crippen LogP contribution is 2.31. The zero-order valence-corrected chi connectivity index (χ0v) is 23.8. The number of hydrogen-bond donors (Lipinski definition) is 0. The molecule has 38 heavy (non-hydrogen) atoms. The standard InChI is InChI=1S/C33H43ClO4/c1-3-5-7-9-21-35-30-16-11-27(12-17-30)25-37-32-20-15-29(24-34)23-33(32)38-26-28-13-18-31(19-14-28)36-22-10-8-6-4-2/h11-20,23H,3-10,21-22,24-26H2,1-2H3. The van der Waals surface area contributed by atoms with Gasteiger partial charge >= 0.3 is 0 Å². The van der Waals surface area contributed by atoms with Crippen molar-refractivity contribution in [2.75, 3.05) is 13.2 Å². The van der Waals surface area contributed by atoms with Crippen molar-refractivity contribution in [2.24, 2.45) is 0 Å². The van der Waals surface area contributed by atoms with E-state index in [1.54, 1.807) is 0 Å². The summed E-state index contributed by atoms with van der Waals surface area (Å²) in [6.07, 6.45) is 9.61. The number of benzene rings is 3. The summed E-state index contributed by atoms with van der Waals surface area (Å²) in [5.41, 5.74) is 3.12.